The summed E-state index contributed by atoms with van der Waals surface area (Å²) in [5.41, 5.74) is 1.29. The topological polar surface area (TPSA) is 55.8 Å². The van der Waals surface area contributed by atoms with E-state index in [-0.39, 0.29) is 12.3 Å². The van der Waals surface area contributed by atoms with E-state index in [1.807, 2.05) is 0 Å². The predicted molar refractivity (Wildman–Crippen MR) is 74.7 cm³/mol. The Hall–Kier alpha value is -1.78. The molecular weight excluding hydrogens is 275 g/mol. The summed E-state index contributed by atoms with van der Waals surface area (Å²) >= 11 is 0. The van der Waals surface area contributed by atoms with Crippen molar-refractivity contribution < 1.29 is 23.8 Å². The van der Waals surface area contributed by atoms with Crippen molar-refractivity contribution in [3.8, 4) is 11.5 Å². The number of carboxylic acid groups (broad SMARTS) is 1. The highest BCUT2D eigenvalue weighted by Crippen LogP contribution is 2.49. The third-order valence-corrected chi connectivity index (χ3v) is 4.16. The van der Waals surface area contributed by atoms with Crippen LogP contribution in [-0.2, 0) is 4.79 Å². The van der Waals surface area contributed by atoms with Gasteiger partial charge in [-0.05, 0) is 54.9 Å². The summed E-state index contributed by atoms with van der Waals surface area (Å²) in [6.07, 6.45) is 0.883. The second kappa shape index (κ2) is 5.54. The van der Waals surface area contributed by atoms with Crippen LogP contribution in [0.4, 0.5) is 4.39 Å². The molecule has 0 amide bonds. The standard InChI is InChI=1S/C16H19FO4/c1-9(17)11-6-14-15(21-5-4-20-14)7-13(11)12(8-16(18)19)10-2-3-10/h6-7,9-10,12H,2-5,8H2,1H3,(H,18,19). The zero-order valence-corrected chi connectivity index (χ0v) is 12.0. The lowest BCUT2D eigenvalue weighted by molar-refractivity contribution is -0.137. The predicted octanol–water partition coefficient (Wildman–Crippen LogP) is 3.46. The van der Waals surface area contributed by atoms with Crippen LogP contribution in [0.2, 0.25) is 0 Å². The van der Waals surface area contributed by atoms with E-state index in [1.165, 1.54) is 6.92 Å². The Morgan fingerprint density at radius 1 is 1.29 bits per heavy atom. The smallest absolute Gasteiger partial charge is 0.303 e. The van der Waals surface area contributed by atoms with Crippen LogP contribution in [-0.4, -0.2) is 24.3 Å². The number of alkyl halides is 1. The molecule has 2 unspecified atom stereocenters. The van der Waals surface area contributed by atoms with Gasteiger partial charge in [0.15, 0.2) is 11.5 Å². The van der Waals surface area contributed by atoms with Gasteiger partial charge >= 0.3 is 5.97 Å². The highest BCUT2D eigenvalue weighted by molar-refractivity contribution is 5.68. The molecule has 5 heteroatoms. The number of carbonyl (C=O) groups is 1. The number of fused-ring (bicyclic) bond motifs is 1. The van der Waals surface area contributed by atoms with Crippen LogP contribution in [0, 0.1) is 5.92 Å². The minimum Gasteiger partial charge on any atom is -0.486 e. The van der Waals surface area contributed by atoms with Gasteiger partial charge in [0.05, 0.1) is 6.42 Å². The fourth-order valence-electron chi connectivity index (χ4n) is 3.00. The minimum absolute atomic E-state index is 0.0318. The first-order valence-corrected chi connectivity index (χ1v) is 7.35. The van der Waals surface area contributed by atoms with Crippen LogP contribution in [0.15, 0.2) is 12.1 Å². The van der Waals surface area contributed by atoms with Gasteiger partial charge in [0.25, 0.3) is 0 Å². The number of carboxylic acids is 1. The van der Waals surface area contributed by atoms with Crippen LogP contribution in [0.5, 0.6) is 11.5 Å². The monoisotopic (exact) mass is 294 g/mol. The summed E-state index contributed by atoms with van der Waals surface area (Å²) in [5.74, 6) is 0.484. The molecule has 2 atom stereocenters. The Bertz CT molecular complexity index is 551. The van der Waals surface area contributed by atoms with Crippen molar-refractivity contribution in [3.05, 3.63) is 23.3 Å². The van der Waals surface area contributed by atoms with Gasteiger partial charge in [-0.2, -0.15) is 0 Å². The zero-order valence-electron chi connectivity index (χ0n) is 12.0. The molecule has 1 fully saturated rings. The summed E-state index contributed by atoms with van der Waals surface area (Å²) in [7, 11) is 0. The second-order valence-corrected chi connectivity index (χ2v) is 5.78. The maximum absolute atomic E-state index is 14.0. The molecule has 2 aliphatic rings. The first-order valence-electron chi connectivity index (χ1n) is 7.35. The van der Waals surface area contributed by atoms with E-state index in [9.17, 15) is 9.18 Å². The van der Waals surface area contributed by atoms with Gasteiger partial charge in [0.2, 0.25) is 0 Å². The van der Waals surface area contributed by atoms with Crippen molar-refractivity contribution in [2.24, 2.45) is 5.92 Å². The van der Waals surface area contributed by atoms with Crippen molar-refractivity contribution in [1.82, 2.24) is 0 Å². The van der Waals surface area contributed by atoms with E-state index in [2.05, 4.69) is 0 Å². The number of ether oxygens (including phenoxy) is 2. The fraction of sp³-hybridized carbons (Fsp3) is 0.562. The van der Waals surface area contributed by atoms with E-state index < -0.39 is 12.1 Å². The molecule has 4 nitrogen and oxygen atoms in total. The number of benzene rings is 1. The van der Waals surface area contributed by atoms with Crippen molar-refractivity contribution >= 4 is 5.97 Å². The van der Waals surface area contributed by atoms with Gasteiger partial charge in [-0.3, -0.25) is 4.79 Å². The molecule has 0 aromatic heterocycles. The number of hydrogen-bond donors (Lipinski definition) is 1. The van der Waals surface area contributed by atoms with Gasteiger partial charge in [-0.1, -0.05) is 0 Å². The summed E-state index contributed by atoms with van der Waals surface area (Å²) in [4.78, 5) is 11.1. The molecule has 114 valence electrons. The number of aliphatic carboxylic acids is 1. The lowest BCUT2D eigenvalue weighted by Gasteiger charge is -2.25. The second-order valence-electron chi connectivity index (χ2n) is 5.78. The molecule has 1 aromatic carbocycles. The summed E-state index contributed by atoms with van der Waals surface area (Å²) in [5, 5.41) is 9.14. The molecule has 1 heterocycles. The lowest BCUT2D eigenvalue weighted by Crippen LogP contribution is -2.17. The Kier molecular flexibility index (Phi) is 3.74. The molecule has 1 aliphatic heterocycles. The van der Waals surface area contributed by atoms with Crippen LogP contribution in [0.1, 0.15) is 49.4 Å². The molecule has 3 rings (SSSR count). The van der Waals surface area contributed by atoms with Gasteiger partial charge in [0, 0.05) is 0 Å². The molecule has 0 saturated heterocycles. The molecule has 1 saturated carbocycles. The number of rotatable bonds is 5. The number of halogens is 1. The molecule has 0 radical (unpaired) electrons. The van der Waals surface area contributed by atoms with E-state index >= 15 is 0 Å². The van der Waals surface area contributed by atoms with Crippen LogP contribution < -0.4 is 9.47 Å². The third kappa shape index (κ3) is 2.96. The van der Waals surface area contributed by atoms with Crippen molar-refractivity contribution in [2.45, 2.75) is 38.3 Å². The van der Waals surface area contributed by atoms with Gasteiger partial charge in [-0.15, -0.1) is 0 Å². The lowest BCUT2D eigenvalue weighted by atomic mass is 9.86. The first-order chi connectivity index (χ1) is 10.1. The van der Waals surface area contributed by atoms with Gasteiger partial charge < -0.3 is 14.6 Å². The van der Waals surface area contributed by atoms with E-state index in [1.54, 1.807) is 12.1 Å². The van der Waals surface area contributed by atoms with Gasteiger partial charge in [-0.25, -0.2) is 4.39 Å². The molecule has 0 spiro atoms. The zero-order chi connectivity index (χ0) is 15.0. The fourth-order valence-corrected chi connectivity index (χ4v) is 3.00. The molecule has 21 heavy (non-hydrogen) atoms. The Morgan fingerprint density at radius 3 is 2.33 bits per heavy atom. The summed E-state index contributed by atoms with van der Waals surface area (Å²) in [6, 6.07) is 3.46. The SMILES string of the molecule is CC(F)c1cc2c(cc1C(CC(=O)O)C1CC1)OCCO2. The van der Waals surface area contributed by atoms with Crippen LogP contribution in [0.3, 0.4) is 0 Å². The molecule has 1 N–H and O–H groups in total. The average Bonchev–Trinajstić information content (AvgIpc) is 3.27. The third-order valence-electron chi connectivity index (χ3n) is 4.16. The largest absolute Gasteiger partial charge is 0.486 e. The van der Waals surface area contributed by atoms with Crippen molar-refractivity contribution in [2.75, 3.05) is 13.2 Å². The Labute approximate surface area is 122 Å². The molecular formula is C16H19FO4. The maximum atomic E-state index is 14.0. The minimum atomic E-state index is -1.16. The van der Waals surface area contributed by atoms with E-state index in [0.717, 1.165) is 18.4 Å². The van der Waals surface area contributed by atoms with Crippen molar-refractivity contribution in [1.29, 1.82) is 0 Å². The summed E-state index contributed by atoms with van der Waals surface area (Å²) in [6.45, 7) is 2.39. The quantitative estimate of drug-likeness (QED) is 0.903. The summed E-state index contributed by atoms with van der Waals surface area (Å²) < 4.78 is 25.1. The highest BCUT2D eigenvalue weighted by atomic mass is 19.1. The van der Waals surface area contributed by atoms with Crippen molar-refractivity contribution in [3.63, 3.8) is 0 Å². The Balaban J connectivity index is 2.03. The van der Waals surface area contributed by atoms with E-state index in [4.69, 9.17) is 14.6 Å². The average molecular weight is 294 g/mol. The molecule has 0 bridgehead atoms. The number of hydrogen-bond acceptors (Lipinski definition) is 3. The molecule has 1 aliphatic carbocycles. The Morgan fingerprint density at radius 2 is 1.86 bits per heavy atom. The van der Waals surface area contributed by atoms with Gasteiger partial charge in [0.1, 0.15) is 19.4 Å². The normalized spacial score (nSPS) is 19.9. The van der Waals surface area contributed by atoms with Crippen LogP contribution >= 0.6 is 0 Å². The maximum Gasteiger partial charge on any atom is 0.303 e. The highest BCUT2D eigenvalue weighted by Gasteiger charge is 2.36. The first kappa shape index (κ1) is 14.2. The molecule has 1 aromatic rings. The van der Waals surface area contributed by atoms with E-state index in [0.29, 0.717) is 36.2 Å². The van der Waals surface area contributed by atoms with Crippen LogP contribution in [0.25, 0.3) is 0 Å².